The lowest BCUT2D eigenvalue weighted by Gasteiger charge is -2.18. The van der Waals surface area contributed by atoms with E-state index in [2.05, 4.69) is 5.32 Å². The van der Waals surface area contributed by atoms with Gasteiger partial charge in [-0.1, -0.05) is 17.7 Å². The summed E-state index contributed by atoms with van der Waals surface area (Å²) in [5.74, 6) is -0.415. The van der Waals surface area contributed by atoms with Gasteiger partial charge in [-0.15, -0.1) is 0 Å². The highest BCUT2D eigenvalue weighted by molar-refractivity contribution is 5.95. The molecule has 0 aliphatic rings. The Morgan fingerprint density at radius 1 is 1.19 bits per heavy atom. The normalized spacial score (nSPS) is 10.3. The van der Waals surface area contributed by atoms with Crippen LogP contribution in [0.5, 0.6) is 0 Å². The average molecular weight is 292 g/mol. The molecule has 0 saturated carbocycles. The van der Waals surface area contributed by atoms with Gasteiger partial charge in [0.2, 0.25) is 11.8 Å². The lowest BCUT2D eigenvalue weighted by atomic mass is 10.1. The van der Waals surface area contributed by atoms with E-state index in [1.807, 2.05) is 39.8 Å². The maximum atomic E-state index is 12.0. The van der Waals surface area contributed by atoms with Gasteiger partial charge in [0.15, 0.2) is 0 Å². The zero-order chi connectivity index (χ0) is 16.0. The first kappa shape index (κ1) is 17.2. The number of likely N-dealkylation sites (N-methyl/N-ethyl adjacent to an activating group) is 1. The Labute approximate surface area is 126 Å². The van der Waals surface area contributed by atoms with Gasteiger partial charge in [-0.25, -0.2) is 0 Å². The molecule has 0 bridgehead atoms. The van der Waals surface area contributed by atoms with Crippen LogP contribution < -0.4 is 5.32 Å². The number of amides is 2. The van der Waals surface area contributed by atoms with Crippen LogP contribution in [0.25, 0.3) is 0 Å². The molecule has 0 aliphatic carbocycles. The Balaban J connectivity index is 2.64. The van der Waals surface area contributed by atoms with Gasteiger partial charge in [0.1, 0.15) is 6.61 Å². The standard InChI is InChI=1S/C16H24N2O3/c1-6-21-10-15(20)18(5)9-14(19)17-16-12(3)7-11(2)8-13(16)4/h7-8H,6,9-10H2,1-5H3,(H,17,19). The van der Waals surface area contributed by atoms with E-state index >= 15 is 0 Å². The van der Waals surface area contributed by atoms with Gasteiger partial charge in [0.25, 0.3) is 0 Å². The van der Waals surface area contributed by atoms with Crippen LogP contribution in [0.2, 0.25) is 0 Å². The summed E-state index contributed by atoms with van der Waals surface area (Å²) in [6.07, 6.45) is 0. The van der Waals surface area contributed by atoms with Crippen LogP contribution >= 0.6 is 0 Å². The Bertz CT molecular complexity index is 503. The molecule has 116 valence electrons. The molecule has 0 unspecified atom stereocenters. The Kier molecular flexibility index (Phi) is 6.37. The van der Waals surface area contributed by atoms with Gasteiger partial charge in [0, 0.05) is 19.3 Å². The number of anilines is 1. The minimum absolute atomic E-state index is 0.00284. The summed E-state index contributed by atoms with van der Waals surface area (Å²) in [6, 6.07) is 4.04. The van der Waals surface area contributed by atoms with Crippen molar-refractivity contribution in [2.75, 3.05) is 32.1 Å². The highest BCUT2D eigenvalue weighted by Gasteiger charge is 2.14. The van der Waals surface area contributed by atoms with E-state index < -0.39 is 0 Å². The number of carbonyl (C=O) groups excluding carboxylic acids is 2. The maximum absolute atomic E-state index is 12.0. The molecule has 1 rings (SSSR count). The second-order valence-corrected chi connectivity index (χ2v) is 5.21. The summed E-state index contributed by atoms with van der Waals surface area (Å²) >= 11 is 0. The first-order chi connectivity index (χ1) is 9.85. The highest BCUT2D eigenvalue weighted by atomic mass is 16.5. The number of rotatable bonds is 6. The Morgan fingerprint density at radius 3 is 2.29 bits per heavy atom. The molecule has 5 nitrogen and oxygen atoms in total. The summed E-state index contributed by atoms with van der Waals surface area (Å²) in [4.78, 5) is 25.1. The molecule has 1 N–H and O–H groups in total. The molecule has 0 fully saturated rings. The quantitative estimate of drug-likeness (QED) is 0.873. The third-order valence-electron chi connectivity index (χ3n) is 3.18. The molecule has 0 aliphatic heterocycles. The minimum Gasteiger partial charge on any atom is -0.372 e. The van der Waals surface area contributed by atoms with Crippen LogP contribution in [0, 0.1) is 20.8 Å². The van der Waals surface area contributed by atoms with Crippen LogP contribution in [-0.2, 0) is 14.3 Å². The van der Waals surface area contributed by atoms with Crippen molar-refractivity contribution in [3.05, 3.63) is 28.8 Å². The van der Waals surface area contributed by atoms with Gasteiger partial charge < -0.3 is 15.0 Å². The monoisotopic (exact) mass is 292 g/mol. The number of hydrogen-bond acceptors (Lipinski definition) is 3. The predicted octanol–water partition coefficient (Wildman–Crippen LogP) is 2.05. The zero-order valence-electron chi connectivity index (χ0n) is 13.4. The van der Waals surface area contributed by atoms with Gasteiger partial charge in [-0.3, -0.25) is 9.59 Å². The molecule has 1 aromatic carbocycles. The molecule has 0 spiro atoms. The van der Waals surface area contributed by atoms with Crippen LogP contribution in [0.3, 0.4) is 0 Å². The summed E-state index contributed by atoms with van der Waals surface area (Å²) in [6.45, 7) is 8.25. The van der Waals surface area contributed by atoms with E-state index in [1.165, 1.54) is 4.90 Å². The van der Waals surface area contributed by atoms with Crippen molar-refractivity contribution in [1.29, 1.82) is 0 Å². The van der Waals surface area contributed by atoms with Gasteiger partial charge in [-0.2, -0.15) is 0 Å². The number of nitrogens with one attached hydrogen (secondary N) is 1. The minimum atomic E-state index is -0.211. The van der Waals surface area contributed by atoms with E-state index in [-0.39, 0.29) is 25.0 Å². The SMILES string of the molecule is CCOCC(=O)N(C)CC(=O)Nc1c(C)cc(C)cc1C. The zero-order valence-corrected chi connectivity index (χ0v) is 13.4. The number of ether oxygens (including phenoxy) is 1. The Hall–Kier alpha value is -1.88. The third kappa shape index (κ3) is 5.19. The average Bonchev–Trinajstić information content (AvgIpc) is 2.39. The molecule has 0 aromatic heterocycles. The van der Waals surface area contributed by atoms with Crippen molar-refractivity contribution in [3.63, 3.8) is 0 Å². The fraction of sp³-hybridized carbons (Fsp3) is 0.500. The molecular formula is C16H24N2O3. The Morgan fingerprint density at radius 2 is 1.76 bits per heavy atom. The topological polar surface area (TPSA) is 58.6 Å². The van der Waals surface area contributed by atoms with Crippen molar-refractivity contribution >= 4 is 17.5 Å². The molecule has 1 aromatic rings. The van der Waals surface area contributed by atoms with Crippen molar-refractivity contribution < 1.29 is 14.3 Å². The molecule has 0 atom stereocenters. The molecule has 0 radical (unpaired) electrons. The second-order valence-electron chi connectivity index (χ2n) is 5.21. The summed E-state index contributed by atoms with van der Waals surface area (Å²) < 4.78 is 5.04. The first-order valence-corrected chi connectivity index (χ1v) is 7.04. The number of benzene rings is 1. The predicted molar refractivity (Wildman–Crippen MR) is 83.4 cm³/mol. The number of aryl methyl sites for hydroxylation is 3. The second kappa shape index (κ2) is 7.78. The number of nitrogens with zero attached hydrogens (tertiary/aromatic N) is 1. The molecular weight excluding hydrogens is 268 g/mol. The van der Waals surface area contributed by atoms with Crippen molar-refractivity contribution in [2.45, 2.75) is 27.7 Å². The number of hydrogen-bond donors (Lipinski definition) is 1. The van der Waals surface area contributed by atoms with E-state index in [4.69, 9.17) is 4.74 Å². The molecule has 2 amide bonds. The van der Waals surface area contributed by atoms with Crippen molar-refractivity contribution in [1.82, 2.24) is 4.90 Å². The number of carbonyl (C=O) groups is 2. The lowest BCUT2D eigenvalue weighted by Crippen LogP contribution is -2.37. The van der Waals surface area contributed by atoms with E-state index in [9.17, 15) is 9.59 Å². The van der Waals surface area contributed by atoms with Gasteiger partial charge in [0.05, 0.1) is 6.54 Å². The summed E-state index contributed by atoms with van der Waals surface area (Å²) in [5.41, 5.74) is 4.01. The fourth-order valence-corrected chi connectivity index (χ4v) is 2.16. The largest absolute Gasteiger partial charge is 0.372 e. The van der Waals surface area contributed by atoms with Crippen LogP contribution in [0.1, 0.15) is 23.6 Å². The van der Waals surface area contributed by atoms with Crippen molar-refractivity contribution in [2.24, 2.45) is 0 Å². The summed E-state index contributed by atoms with van der Waals surface area (Å²) in [5, 5.41) is 2.87. The van der Waals surface area contributed by atoms with Gasteiger partial charge in [-0.05, 0) is 38.8 Å². The third-order valence-corrected chi connectivity index (χ3v) is 3.18. The summed E-state index contributed by atoms with van der Waals surface area (Å²) in [7, 11) is 1.59. The lowest BCUT2D eigenvalue weighted by molar-refractivity contribution is -0.137. The van der Waals surface area contributed by atoms with Crippen LogP contribution in [0.4, 0.5) is 5.69 Å². The van der Waals surface area contributed by atoms with Crippen LogP contribution in [0.15, 0.2) is 12.1 Å². The first-order valence-electron chi connectivity index (χ1n) is 7.04. The van der Waals surface area contributed by atoms with Crippen molar-refractivity contribution in [3.8, 4) is 0 Å². The van der Waals surface area contributed by atoms with Crippen LogP contribution in [-0.4, -0.2) is 43.5 Å². The fourth-order valence-electron chi connectivity index (χ4n) is 2.16. The molecule has 0 saturated heterocycles. The smallest absolute Gasteiger partial charge is 0.248 e. The van der Waals surface area contributed by atoms with E-state index in [0.29, 0.717) is 6.61 Å². The van der Waals surface area contributed by atoms with E-state index in [1.54, 1.807) is 7.05 Å². The van der Waals surface area contributed by atoms with Gasteiger partial charge >= 0.3 is 0 Å². The van der Waals surface area contributed by atoms with E-state index in [0.717, 1.165) is 22.4 Å². The molecule has 0 heterocycles. The highest BCUT2D eigenvalue weighted by Crippen LogP contribution is 2.21. The maximum Gasteiger partial charge on any atom is 0.248 e. The molecule has 5 heteroatoms. The molecule has 21 heavy (non-hydrogen) atoms.